The third-order valence-corrected chi connectivity index (χ3v) is 4.27. The fourth-order valence-corrected chi connectivity index (χ4v) is 2.81. The second kappa shape index (κ2) is 6.74. The van der Waals surface area contributed by atoms with Gasteiger partial charge in [0.15, 0.2) is 0 Å². The minimum atomic E-state index is -0.239. The molecule has 0 atom stereocenters. The summed E-state index contributed by atoms with van der Waals surface area (Å²) in [7, 11) is 0. The average Bonchev–Trinajstić information content (AvgIpc) is 3.35. The predicted molar refractivity (Wildman–Crippen MR) is 95.1 cm³/mol. The molecule has 1 aliphatic carbocycles. The van der Waals surface area contributed by atoms with Crippen LogP contribution < -0.4 is 16.0 Å². The van der Waals surface area contributed by atoms with Gasteiger partial charge in [-0.1, -0.05) is 36.4 Å². The van der Waals surface area contributed by atoms with Gasteiger partial charge in [0.2, 0.25) is 5.91 Å². The maximum absolute atomic E-state index is 12.1. The van der Waals surface area contributed by atoms with Crippen molar-refractivity contribution in [3.05, 3.63) is 60.2 Å². The van der Waals surface area contributed by atoms with Gasteiger partial charge >= 0.3 is 6.03 Å². The summed E-state index contributed by atoms with van der Waals surface area (Å²) in [5, 5.41) is 8.46. The normalized spacial score (nSPS) is 14.5. The van der Waals surface area contributed by atoms with Gasteiger partial charge in [0, 0.05) is 30.3 Å². The Hall–Kier alpha value is -2.82. The van der Waals surface area contributed by atoms with Crippen molar-refractivity contribution in [2.45, 2.75) is 25.2 Å². The van der Waals surface area contributed by atoms with E-state index in [1.165, 1.54) is 12.5 Å². The first-order chi connectivity index (χ1) is 11.6. The first-order valence-electron chi connectivity index (χ1n) is 8.05. The monoisotopic (exact) mass is 323 g/mol. The van der Waals surface area contributed by atoms with Crippen molar-refractivity contribution in [2.24, 2.45) is 0 Å². The lowest BCUT2D eigenvalue weighted by Gasteiger charge is -2.17. The van der Waals surface area contributed by atoms with E-state index < -0.39 is 0 Å². The lowest BCUT2D eigenvalue weighted by molar-refractivity contribution is -0.114. The first-order valence-corrected chi connectivity index (χ1v) is 8.05. The Morgan fingerprint density at radius 3 is 2.25 bits per heavy atom. The van der Waals surface area contributed by atoms with Crippen LogP contribution in [-0.2, 0) is 10.2 Å². The summed E-state index contributed by atoms with van der Waals surface area (Å²) in [4.78, 5) is 23.2. The Morgan fingerprint density at radius 2 is 1.62 bits per heavy atom. The number of carbonyl (C=O) groups is 2. The molecule has 3 rings (SSSR count). The maximum Gasteiger partial charge on any atom is 0.319 e. The number of hydrogen-bond donors (Lipinski definition) is 3. The molecule has 1 saturated carbocycles. The molecule has 5 heteroatoms. The van der Waals surface area contributed by atoms with Crippen molar-refractivity contribution < 1.29 is 9.59 Å². The highest BCUT2D eigenvalue weighted by atomic mass is 16.2. The third kappa shape index (κ3) is 3.93. The van der Waals surface area contributed by atoms with Crippen molar-refractivity contribution >= 4 is 23.3 Å². The standard InChI is InChI=1S/C19H21N3O2/c1-14(23)21-16-8-5-9-17(12-16)22-18(24)20-13-19(10-11-19)15-6-3-2-4-7-15/h2-9,12H,10-11,13H2,1H3,(H,21,23)(H2,20,22,24). The minimum absolute atomic E-state index is 0.0800. The molecule has 0 saturated heterocycles. The Balaban J connectivity index is 1.56. The molecule has 0 bridgehead atoms. The Morgan fingerprint density at radius 1 is 0.958 bits per heavy atom. The molecule has 1 aliphatic rings. The molecule has 124 valence electrons. The fourth-order valence-electron chi connectivity index (χ4n) is 2.81. The minimum Gasteiger partial charge on any atom is -0.337 e. The highest BCUT2D eigenvalue weighted by molar-refractivity contribution is 5.92. The molecule has 0 radical (unpaired) electrons. The number of hydrogen-bond acceptors (Lipinski definition) is 2. The van der Waals surface area contributed by atoms with Gasteiger partial charge in [0.05, 0.1) is 0 Å². The second-order valence-electron chi connectivity index (χ2n) is 6.22. The van der Waals surface area contributed by atoms with Crippen LogP contribution in [0.1, 0.15) is 25.3 Å². The zero-order chi connectivity index (χ0) is 17.0. The molecule has 3 amide bonds. The van der Waals surface area contributed by atoms with Crippen LogP contribution in [-0.4, -0.2) is 18.5 Å². The molecule has 5 nitrogen and oxygen atoms in total. The van der Waals surface area contributed by atoms with E-state index in [0.717, 1.165) is 12.8 Å². The van der Waals surface area contributed by atoms with Crippen molar-refractivity contribution in [2.75, 3.05) is 17.2 Å². The van der Waals surface area contributed by atoms with E-state index in [4.69, 9.17) is 0 Å². The third-order valence-electron chi connectivity index (χ3n) is 4.27. The van der Waals surface area contributed by atoms with Crippen molar-refractivity contribution in [1.82, 2.24) is 5.32 Å². The zero-order valence-corrected chi connectivity index (χ0v) is 13.6. The molecule has 0 unspecified atom stereocenters. The number of amides is 3. The summed E-state index contributed by atoms with van der Waals surface area (Å²) >= 11 is 0. The average molecular weight is 323 g/mol. The fraction of sp³-hybridized carbons (Fsp3) is 0.263. The summed E-state index contributed by atoms with van der Waals surface area (Å²) in [6.45, 7) is 2.07. The van der Waals surface area contributed by atoms with E-state index in [0.29, 0.717) is 17.9 Å². The van der Waals surface area contributed by atoms with Crippen LogP contribution in [0.5, 0.6) is 0 Å². The number of rotatable bonds is 5. The molecular formula is C19H21N3O2. The van der Waals surface area contributed by atoms with Crippen LogP contribution in [0.25, 0.3) is 0 Å². The van der Waals surface area contributed by atoms with Gasteiger partial charge < -0.3 is 16.0 Å². The lowest BCUT2D eigenvalue weighted by atomic mass is 9.96. The van der Waals surface area contributed by atoms with Gasteiger partial charge in [0.1, 0.15) is 0 Å². The molecule has 2 aromatic carbocycles. The summed E-state index contributed by atoms with van der Waals surface area (Å²) in [5.41, 5.74) is 2.65. The molecule has 24 heavy (non-hydrogen) atoms. The molecule has 0 aliphatic heterocycles. The lowest BCUT2D eigenvalue weighted by Crippen LogP contribution is -2.35. The highest BCUT2D eigenvalue weighted by Crippen LogP contribution is 2.47. The van der Waals surface area contributed by atoms with E-state index in [9.17, 15) is 9.59 Å². The predicted octanol–water partition coefficient (Wildman–Crippen LogP) is 3.50. The molecule has 2 aromatic rings. The smallest absolute Gasteiger partial charge is 0.319 e. The van der Waals surface area contributed by atoms with Gasteiger partial charge in [-0.05, 0) is 36.6 Å². The summed E-state index contributed by atoms with van der Waals surface area (Å²) in [6.07, 6.45) is 2.19. The molecule has 3 N–H and O–H groups in total. The molecular weight excluding hydrogens is 302 g/mol. The largest absolute Gasteiger partial charge is 0.337 e. The number of anilines is 2. The van der Waals surface area contributed by atoms with Gasteiger partial charge in [-0.2, -0.15) is 0 Å². The Labute approximate surface area is 141 Å². The van der Waals surface area contributed by atoms with Crippen LogP contribution in [0, 0.1) is 0 Å². The van der Waals surface area contributed by atoms with E-state index in [1.54, 1.807) is 24.3 Å². The molecule has 1 fully saturated rings. The number of urea groups is 1. The van der Waals surface area contributed by atoms with Crippen LogP contribution in [0.2, 0.25) is 0 Å². The van der Waals surface area contributed by atoms with Gasteiger partial charge in [0.25, 0.3) is 0 Å². The Bertz CT molecular complexity index is 739. The number of benzene rings is 2. The molecule has 0 aromatic heterocycles. The van der Waals surface area contributed by atoms with E-state index in [2.05, 4.69) is 28.1 Å². The zero-order valence-electron chi connectivity index (χ0n) is 13.6. The van der Waals surface area contributed by atoms with Gasteiger partial charge in [-0.15, -0.1) is 0 Å². The summed E-state index contributed by atoms with van der Waals surface area (Å²) < 4.78 is 0. The van der Waals surface area contributed by atoms with E-state index >= 15 is 0 Å². The maximum atomic E-state index is 12.1. The molecule has 0 heterocycles. The van der Waals surface area contributed by atoms with Gasteiger partial charge in [-0.3, -0.25) is 4.79 Å². The number of carbonyl (C=O) groups excluding carboxylic acids is 2. The first kappa shape index (κ1) is 16.1. The number of nitrogens with one attached hydrogen (secondary N) is 3. The molecule has 0 spiro atoms. The Kier molecular flexibility index (Phi) is 4.51. The van der Waals surface area contributed by atoms with E-state index in [1.807, 2.05) is 18.2 Å². The van der Waals surface area contributed by atoms with Crippen molar-refractivity contribution in [1.29, 1.82) is 0 Å². The quantitative estimate of drug-likeness (QED) is 0.788. The van der Waals surface area contributed by atoms with Crippen LogP contribution in [0.4, 0.5) is 16.2 Å². The highest BCUT2D eigenvalue weighted by Gasteiger charge is 2.44. The summed E-state index contributed by atoms with van der Waals surface area (Å²) in [6, 6.07) is 17.1. The van der Waals surface area contributed by atoms with Crippen molar-refractivity contribution in [3.63, 3.8) is 0 Å². The van der Waals surface area contributed by atoms with Gasteiger partial charge in [-0.25, -0.2) is 4.79 Å². The SMILES string of the molecule is CC(=O)Nc1cccc(NC(=O)NCC2(c3ccccc3)CC2)c1. The van der Waals surface area contributed by atoms with E-state index in [-0.39, 0.29) is 17.4 Å². The van der Waals surface area contributed by atoms with Crippen LogP contribution >= 0.6 is 0 Å². The van der Waals surface area contributed by atoms with Crippen LogP contribution in [0.3, 0.4) is 0 Å². The topological polar surface area (TPSA) is 70.2 Å². The van der Waals surface area contributed by atoms with Crippen molar-refractivity contribution in [3.8, 4) is 0 Å². The summed E-state index contributed by atoms with van der Waals surface area (Å²) in [5.74, 6) is -0.143. The van der Waals surface area contributed by atoms with Crippen LogP contribution in [0.15, 0.2) is 54.6 Å². The second-order valence-corrected chi connectivity index (χ2v) is 6.22.